The fraction of sp³-hybridized carbons (Fsp3) is 0.706. The number of ketones is 1. The normalized spacial score (nSPS) is 24.8. The SMILES string of the molecule is CC(C)CC1=C(C(=O)C(C)C)N2C(=O)[C@@H](NC(=O)C(C)S)[C@H]2SC1. The van der Waals surface area contributed by atoms with Crippen molar-refractivity contribution in [1.82, 2.24) is 10.2 Å². The number of amides is 2. The number of thiol groups is 1. The summed E-state index contributed by atoms with van der Waals surface area (Å²) in [6.45, 7) is 9.59. The number of thioether (sulfide) groups is 1. The quantitative estimate of drug-likeness (QED) is 0.556. The smallest absolute Gasteiger partial charge is 0.253 e. The molecule has 1 saturated heterocycles. The lowest BCUT2D eigenvalue weighted by Gasteiger charge is -2.50. The van der Waals surface area contributed by atoms with Crippen molar-refractivity contribution < 1.29 is 14.4 Å². The molecule has 3 atom stereocenters. The third-order valence-corrected chi connectivity index (χ3v) is 5.71. The zero-order valence-corrected chi connectivity index (χ0v) is 16.5. The van der Waals surface area contributed by atoms with E-state index in [0.29, 0.717) is 11.6 Å². The van der Waals surface area contributed by atoms with E-state index in [2.05, 4.69) is 31.8 Å². The maximum absolute atomic E-state index is 12.7. The average molecular weight is 371 g/mol. The lowest BCUT2D eigenvalue weighted by Crippen LogP contribution is -2.71. The predicted octanol–water partition coefficient (Wildman–Crippen LogP) is 2.23. The molecular formula is C17H26N2O3S2. The molecule has 0 bridgehead atoms. The zero-order valence-electron chi connectivity index (χ0n) is 14.8. The molecule has 2 aliphatic heterocycles. The van der Waals surface area contributed by atoms with Crippen molar-refractivity contribution in [2.75, 3.05) is 5.75 Å². The molecule has 0 spiro atoms. The van der Waals surface area contributed by atoms with Crippen molar-refractivity contribution in [1.29, 1.82) is 0 Å². The van der Waals surface area contributed by atoms with Gasteiger partial charge in [0.25, 0.3) is 5.91 Å². The first-order valence-electron chi connectivity index (χ1n) is 8.34. The minimum absolute atomic E-state index is 0.0108. The molecule has 0 aromatic rings. The molecule has 134 valence electrons. The molecule has 7 heteroatoms. The summed E-state index contributed by atoms with van der Waals surface area (Å²) in [5.41, 5.74) is 1.61. The lowest BCUT2D eigenvalue weighted by molar-refractivity contribution is -0.147. The molecular weight excluding hydrogens is 344 g/mol. The molecule has 2 amide bonds. The van der Waals surface area contributed by atoms with E-state index in [-0.39, 0.29) is 28.9 Å². The van der Waals surface area contributed by atoms with E-state index in [4.69, 9.17) is 0 Å². The van der Waals surface area contributed by atoms with Crippen molar-refractivity contribution in [2.45, 2.75) is 57.7 Å². The first kappa shape index (κ1) is 19.4. The highest BCUT2D eigenvalue weighted by molar-refractivity contribution is 8.00. The number of β-lactam (4-membered cyclic amide) rings is 1. The Morgan fingerprint density at radius 3 is 2.42 bits per heavy atom. The van der Waals surface area contributed by atoms with Gasteiger partial charge in [-0.1, -0.05) is 27.7 Å². The van der Waals surface area contributed by atoms with E-state index in [1.54, 1.807) is 23.6 Å². The second kappa shape index (κ2) is 7.52. The molecule has 0 aromatic carbocycles. The van der Waals surface area contributed by atoms with E-state index in [0.717, 1.165) is 17.7 Å². The molecule has 2 heterocycles. The van der Waals surface area contributed by atoms with Crippen LogP contribution in [0, 0.1) is 11.8 Å². The van der Waals surface area contributed by atoms with Gasteiger partial charge in [0.15, 0.2) is 5.78 Å². The standard InChI is InChI=1S/C17H26N2O3S2/c1-8(2)6-11-7-24-17-12(18-15(21)10(5)23)16(22)19(17)13(11)14(20)9(3)4/h8-10,12,17,23H,6-7H2,1-5H3,(H,18,21)/t10?,12-,17-/m1/s1. The van der Waals surface area contributed by atoms with Gasteiger partial charge in [0.05, 0.1) is 10.9 Å². The Bertz CT molecular complexity index is 584. The van der Waals surface area contributed by atoms with Gasteiger partial charge in [-0.2, -0.15) is 12.6 Å². The number of nitrogens with one attached hydrogen (secondary N) is 1. The second-order valence-electron chi connectivity index (χ2n) is 7.14. The zero-order chi connectivity index (χ0) is 18.2. The topological polar surface area (TPSA) is 66.5 Å². The van der Waals surface area contributed by atoms with Crippen LogP contribution in [0.2, 0.25) is 0 Å². The average Bonchev–Trinajstić information content (AvgIpc) is 2.50. The molecule has 0 radical (unpaired) electrons. The molecule has 5 nitrogen and oxygen atoms in total. The summed E-state index contributed by atoms with van der Waals surface area (Å²) in [4.78, 5) is 38.8. The number of carbonyl (C=O) groups excluding carboxylic acids is 3. The van der Waals surface area contributed by atoms with Crippen LogP contribution in [-0.4, -0.2) is 44.9 Å². The molecule has 2 rings (SSSR count). The van der Waals surface area contributed by atoms with E-state index < -0.39 is 11.3 Å². The Morgan fingerprint density at radius 2 is 1.92 bits per heavy atom. The van der Waals surface area contributed by atoms with Crippen LogP contribution >= 0.6 is 24.4 Å². The first-order valence-corrected chi connectivity index (χ1v) is 9.91. The first-order chi connectivity index (χ1) is 11.1. The largest absolute Gasteiger partial charge is 0.341 e. The Labute approximate surface area is 153 Å². The maximum atomic E-state index is 12.7. The molecule has 1 unspecified atom stereocenters. The van der Waals surface area contributed by atoms with Gasteiger partial charge in [0, 0.05) is 11.7 Å². The molecule has 0 saturated carbocycles. The summed E-state index contributed by atoms with van der Waals surface area (Å²) >= 11 is 5.72. The lowest BCUT2D eigenvalue weighted by atomic mass is 9.92. The third-order valence-electron chi connectivity index (χ3n) is 4.14. The van der Waals surface area contributed by atoms with Gasteiger partial charge in [-0.05, 0) is 24.8 Å². The summed E-state index contributed by atoms with van der Waals surface area (Å²) in [7, 11) is 0. The van der Waals surface area contributed by atoms with E-state index in [1.807, 2.05) is 13.8 Å². The van der Waals surface area contributed by atoms with Gasteiger partial charge in [0.1, 0.15) is 11.4 Å². The summed E-state index contributed by atoms with van der Waals surface area (Å²) in [5.74, 6) is 0.541. The third kappa shape index (κ3) is 3.67. The van der Waals surface area contributed by atoms with Crippen LogP contribution in [0.5, 0.6) is 0 Å². The van der Waals surface area contributed by atoms with Crippen molar-refractivity contribution in [3.8, 4) is 0 Å². The van der Waals surface area contributed by atoms with Gasteiger partial charge in [-0.3, -0.25) is 19.3 Å². The molecule has 1 N–H and O–H groups in total. The molecule has 0 aromatic heterocycles. The Hall–Kier alpha value is -0.950. The number of rotatable bonds is 6. The Morgan fingerprint density at radius 1 is 1.29 bits per heavy atom. The number of fused-ring (bicyclic) bond motifs is 1. The fourth-order valence-corrected chi connectivity index (χ4v) is 4.36. The maximum Gasteiger partial charge on any atom is 0.253 e. The van der Waals surface area contributed by atoms with Crippen molar-refractivity contribution in [3.05, 3.63) is 11.3 Å². The van der Waals surface area contributed by atoms with Gasteiger partial charge < -0.3 is 5.32 Å². The van der Waals surface area contributed by atoms with Crippen molar-refractivity contribution in [3.63, 3.8) is 0 Å². The Kier molecular flexibility index (Phi) is 6.07. The highest BCUT2D eigenvalue weighted by Gasteiger charge is 2.54. The second-order valence-corrected chi connectivity index (χ2v) is 9.02. The van der Waals surface area contributed by atoms with Crippen molar-refractivity contribution >= 4 is 42.0 Å². The van der Waals surface area contributed by atoms with Crippen LogP contribution in [0.25, 0.3) is 0 Å². The summed E-state index contributed by atoms with van der Waals surface area (Å²) in [5, 5.41) is 2.09. The number of Topliss-reactive ketones (excluding diaryl/α,β-unsaturated/α-hetero) is 1. The van der Waals surface area contributed by atoms with Gasteiger partial charge >= 0.3 is 0 Å². The summed E-state index contributed by atoms with van der Waals surface area (Å²) in [6.07, 6.45) is 0.808. The summed E-state index contributed by atoms with van der Waals surface area (Å²) < 4.78 is 0. The number of nitrogens with zero attached hydrogens (tertiary/aromatic N) is 1. The molecule has 0 aliphatic carbocycles. The monoisotopic (exact) mass is 370 g/mol. The van der Waals surface area contributed by atoms with Crippen LogP contribution in [0.1, 0.15) is 41.0 Å². The molecule has 1 fully saturated rings. The van der Waals surface area contributed by atoms with Crippen LogP contribution < -0.4 is 5.32 Å². The van der Waals surface area contributed by atoms with Gasteiger partial charge in [-0.15, -0.1) is 11.8 Å². The van der Waals surface area contributed by atoms with Gasteiger partial charge in [0.2, 0.25) is 5.91 Å². The minimum Gasteiger partial charge on any atom is -0.341 e. The molecule has 24 heavy (non-hydrogen) atoms. The van der Waals surface area contributed by atoms with Crippen molar-refractivity contribution in [2.24, 2.45) is 11.8 Å². The van der Waals surface area contributed by atoms with E-state index in [9.17, 15) is 14.4 Å². The van der Waals surface area contributed by atoms with Crippen LogP contribution in [0.15, 0.2) is 11.3 Å². The van der Waals surface area contributed by atoms with Crippen LogP contribution in [-0.2, 0) is 14.4 Å². The number of hydrogen-bond donors (Lipinski definition) is 2. The fourth-order valence-electron chi connectivity index (χ4n) is 2.92. The van der Waals surface area contributed by atoms with E-state index in [1.165, 1.54) is 0 Å². The predicted molar refractivity (Wildman–Crippen MR) is 99.8 cm³/mol. The number of carbonyl (C=O) groups is 3. The van der Waals surface area contributed by atoms with Crippen LogP contribution in [0.4, 0.5) is 0 Å². The Balaban J connectivity index is 2.27. The highest BCUT2D eigenvalue weighted by Crippen LogP contribution is 2.42. The molecule has 2 aliphatic rings. The number of hydrogen-bond acceptors (Lipinski definition) is 5. The highest BCUT2D eigenvalue weighted by atomic mass is 32.2. The number of allylic oxidation sites excluding steroid dienone is 1. The van der Waals surface area contributed by atoms with Crippen LogP contribution in [0.3, 0.4) is 0 Å². The minimum atomic E-state index is -0.562. The summed E-state index contributed by atoms with van der Waals surface area (Å²) in [6, 6.07) is -0.562. The van der Waals surface area contributed by atoms with Gasteiger partial charge in [-0.25, -0.2) is 0 Å². The van der Waals surface area contributed by atoms with E-state index >= 15 is 0 Å².